The zero-order valence-electron chi connectivity index (χ0n) is 9.65. The van der Waals surface area contributed by atoms with Gasteiger partial charge in [-0.3, -0.25) is 0 Å². The summed E-state index contributed by atoms with van der Waals surface area (Å²) in [7, 11) is 1.90. The summed E-state index contributed by atoms with van der Waals surface area (Å²) in [6, 6.07) is 5.48. The number of esters is 1. The van der Waals surface area contributed by atoms with Gasteiger partial charge in [0.2, 0.25) is 0 Å². The molecule has 0 aliphatic carbocycles. The van der Waals surface area contributed by atoms with Crippen molar-refractivity contribution in [3.05, 3.63) is 29.6 Å². The number of aromatic nitrogens is 2. The standard InChI is InChI=1S/C12H14N2O2/c1-4-16-12(15)9-6-5-7-10-11(9)14(3)8(2)13-10/h5-7H,4H2,1-3H3. The molecule has 4 nitrogen and oxygen atoms in total. The molecule has 0 aliphatic rings. The summed E-state index contributed by atoms with van der Waals surface area (Å²) in [6.07, 6.45) is 0. The second-order valence-corrected chi connectivity index (χ2v) is 3.61. The smallest absolute Gasteiger partial charge is 0.340 e. The molecule has 1 aromatic heterocycles. The number of benzene rings is 1. The Morgan fingerprint density at radius 1 is 1.50 bits per heavy atom. The van der Waals surface area contributed by atoms with Crippen LogP contribution in [-0.2, 0) is 11.8 Å². The highest BCUT2D eigenvalue weighted by molar-refractivity contribution is 6.02. The molecule has 0 spiro atoms. The summed E-state index contributed by atoms with van der Waals surface area (Å²) in [5.74, 6) is 0.586. The maximum atomic E-state index is 11.8. The summed E-state index contributed by atoms with van der Waals surface area (Å²) < 4.78 is 6.92. The molecule has 0 unspecified atom stereocenters. The summed E-state index contributed by atoms with van der Waals surface area (Å²) in [6.45, 7) is 4.09. The largest absolute Gasteiger partial charge is 0.462 e. The van der Waals surface area contributed by atoms with Crippen molar-refractivity contribution >= 4 is 17.0 Å². The maximum Gasteiger partial charge on any atom is 0.340 e. The topological polar surface area (TPSA) is 44.1 Å². The Hall–Kier alpha value is -1.84. The van der Waals surface area contributed by atoms with Gasteiger partial charge >= 0.3 is 5.97 Å². The molecule has 0 N–H and O–H groups in total. The third-order valence-corrected chi connectivity index (χ3v) is 2.61. The number of nitrogens with zero attached hydrogens (tertiary/aromatic N) is 2. The lowest BCUT2D eigenvalue weighted by molar-refractivity contribution is 0.0528. The van der Waals surface area contributed by atoms with E-state index < -0.39 is 0 Å². The molecule has 0 amide bonds. The number of fused-ring (bicyclic) bond motifs is 1. The molecule has 1 aromatic carbocycles. The number of hydrogen-bond acceptors (Lipinski definition) is 3. The average Bonchev–Trinajstić information content (AvgIpc) is 2.55. The first-order valence-electron chi connectivity index (χ1n) is 5.24. The molecule has 4 heteroatoms. The molecule has 0 aliphatic heterocycles. The predicted molar refractivity (Wildman–Crippen MR) is 61.4 cm³/mol. The van der Waals surface area contributed by atoms with E-state index in [1.54, 1.807) is 13.0 Å². The fourth-order valence-corrected chi connectivity index (χ4v) is 1.76. The molecule has 16 heavy (non-hydrogen) atoms. The fraction of sp³-hybridized carbons (Fsp3) is 0.333. The van der Waals surface area contributed by atoms with Gasteiger partial charge in [-0.1, -0.05) is 6.07 Å². The van der Waals surface area contributed by atoms with Gasteiger partial charge in [0.1, 0.15) is 5.82 Å². The Morgan fingerprint density at radius 3 is 2.94 bits per heavy atom. The molecule has 0 fully saturated rings. The van der Waals surface area contributed by atoms with Crippen LogP contribution in [0, 0.1) is 6.92 Å². The van der Waals surface area contributed by atoms with E-state index in [0.29, 0.717) is 12.2 Å². The van der Waals surface area contributed by atoms with Crippen LogP contribution in [0.1, 0.15) is 23.1 Å². The molecular weight excluding hydrogens is 204 g/mol. The summed E-state index contributed by atoms with van der Waals surface area (Å²) >= 11 is 0. The number of rotatable bonds is 2. The van der Waals surface area contributed by atoms with Crippen molar-refractivity contribution in [2.45, 2.75) is 13.8 Å². The third-order valence-electron chi connectivity index (χ3n) is 2.61. The van der Waals surface area contributed by atoms with Gasteiger partial charge in [-0.25, -0.2) is 9.78 Å². The molecule has 0 saturated carbocycles. The first kappa shape index (κ1) is 10.7. The quantitative estimate of drug-likeness (QED) is 0.725. The highest BCUT2D eigenvalue weighted by atomic mass is 16.5. The van der Waals surface area contributed by atoms with E-state index in [-0.39, 0.29) is 5.97 Å². The monoisotopic (exact) mass is 218 g/mol. The number of aryl methyl sites for hydroxylation is 2. The van der Waals surface area contributed by atoms with Gasteiger partial charge < -0.3 is 9.30 Å². The van der Waals surface area contributed by atoms with E-state index in [0.717, 1.165) is 16.9 Å². The molecular formula is C12H14N2O2. The first-order valence-corrected chi connectivity index (χ1v) is 5.24. The van der Waals surface area contributed by atoms with Gasteiger partial charge in [-0.05, 0) is 26.0 Å². The van der Waals surface area contributed by atoms with Crippen molar-refractivity contribution in [1.29, 1.82) is 0 Å². The molecule has 0 saturated heterocycles. The van der Waals surface area contributed by atoms with E-state index in [4.69, 9.17) is 4.74 Å². The van der Waals surface area contributed by atoms with Crippen molar-refractivity contribution in [3.63, 3.8) is 0 Å². The second-order valence-electron chi connectivity index (χ2n) is 3.61. The molecule has 84 valence electrons. The van der Waals surface area contributed by atoms with Gasteiger partial charge in [0.25, 0.3) is 0 Å². The predicted octanol–water partition coefficient (Wildman–Crippen LogP) is 2.06. The molecule has 0 bridgehead atoms. The zero-order chi connectivity index (χ0) is 11.7. The fourth-order valence-electron chi connectivity index (χ4n) is 1.76. The lowest BCUT2D eigenvalue weighted by Crippen LogP contribution is -2.07. The number of ether oxygens (including phenoxy) is 1. The van der Waals surface area contributed by atoms with Crippen LogP contribution >= 0.6 is 0 Å². The zero-order valence-corrected chi connectivity index (χ0v) is 9.65. The van der Waals surface area contributed by atoms with E-state index >= 15 is 0 Å². The normalized spacial score (nSPS) is 10.7. The van der Waals surface area contributed by atoms with Crippen LogP contribution in [0.4, 0.5) is 0 Å². The van der Waals surface area contributed by atoms with Crippen LogP contribution in [0.2, 0.25) is 0 Å². The molecule has 0 radical (unpaired) electrons. The maximum absolute atomic E-state index is 11.8. The van der Waals surface area contributed by atoms with Crippen molar-refractivity contribution in [2.75, 3.05) is 6.61 Å². The van der Waals surface area contributed by atoms with Gasteiger partial charge in [0, 0.05) is 7.05 Å². The second kappa shape index (κ2) is 3.96. The number of para-hydroxylation sites is 1. The van der Waals surface area contributed by atoms with Gasteiger partial charge in [-0.15, -0.1) is 0 Å². The minimum Gasteiger partial charge on any atom is -0.462 e. The van der Waals surface area contributed by atoms with Crippen LogP contribution in [0.25, 0.3) is 11.0 Å². The number of hydrogen-bond donors (Lipinski definition) is 0. The Balaban J connectivity index is 2.65. The minimum atomic E-state index is -0.295. The Kier molecular flexibility index (Phi) is 2.64. The average molecular weight is 218 g/mol. The highest BCUT2D eigenvalue weighted by Gasteiger charge is 2.15. The molecule has 2 rings (SSSR count). The first-order chi connectivity index (χ1) is 7.65. The summed E-state index contributed by atoms with van der Waals surface area (Å²) in [4.78, 5) is 16.1. The lowest BCUT2D eigenvalue weighted by Gasteiger charge is -2.04. The van der Waals surface area contributed by atoms with Crippen LogP contribution < -0.4 is 0 Å². The Morgan fingerprint density at radius 2 is 2.25 bits per heavy atom. The molecule has 0 atom stereocenters. The Bertz CT molecular complexity index is 543. The van der Waals surface area contributed by atoms with Gasteiger partial charge in [-0.2, -0.15) is 0 Å². The van der Waals surface area contributed by atoms with Crippen LogP contribution in [0.15, 0.2) is 18.2 Å². The Labute approximate surface area is 93.9 Å². The number of carbonyl (C=O) groups excluding carboxylic acids is 1. The van der Waals surface area contributed by atoms with Crippen molar-refractivity contribution in [2.24, 2.45) is 7.05 Å². The van der Waals surface area contributed by atoms with Crippen molar-refractivity contribution in [1.82, 2.24) is 9.55 Å². The van der Waals surface area contributed by atoms with Gasteiger partial charge in [0.05, 0.1) is 23.2 Å². The highest BCUT2D eigenvalue weighted by Crippen LogP contribution is 2.19. The van der Waals surface area contributed by atoms with Crippen LogP contribution in [0.5, 0.6) is 0 Å². The van der Waals surface area contributed by atoms with Crippen LogP contribution in [0.3, 0.4) is 0 Å². The van der Waals surface area contributed by atoms with E-state index in [2.05, 4.69) is 4.98 Å². The number of imidazole rings is 1. The van der Waals surface area contributed by atoms with Crippen molar-refractivity contribution < 1.29 is 9.53 Å². The number of carbonyl (C=O) groups is 1. The van der Waals surface area contributed by atoms with E-state index in [1.807, 2.05) is 30.7 Å². The van der Waals surface area contributed by atoms with E-state index in [1.165, 1.54) is 0 Å². The van der Waals surface area contributed by atoms with Gasteiger partial charge in [0.15, 0.2) is 0 Å². The third kappa shape index (κ3) is 1.56. The summed E-state index contributed by atoms with van der Waals surface area (Å²) in [5.41, 5.74) is 2.23. The van der Waals surface area contributed by atoms with E-state index in [9.17, 15) is 4.79 Å². The lowest BCUT2D eigenvalue weighted by atomic mass is 10.2. The molecule has 1 heterocycles. The van der Waals surface area contributed by atoms with Crippen LogP contribution in [-0.4, -0.2) is 22.1 Å². The SMILES string of the molecule is CCOC(=O)c1cccc2nc(C)n(C)c12. The van der Waals surface area contributed by atoms with Crippen molar-refractivity contribution in [3.8, 4) is 0 Å². The summed E-state index contributed by atoms with van der Waals surface area (Å²) in [5, 5.41) is 0. The minimum absolute atomic E-state index is 0.295. The molecule has 2 aromatic rings.